The number of rotatable bonds is 6. The fraction of sp³-hybridized carbons (Fsp3) is 0.304. The fourth-order valence-electron chi connectivity index (χ4n) is 3.71. The minimum Gasteiger partial charge on any atom is -0.338 e. The predicted octanol–water partition coefficient (Wildman–Crippen LogP) is 4.31. The molecule has 0 radical (unpaired) electrons. The van der Waals surface area contributed by atoms with Gasteiger partial charge in [0.1, 0.15) is 0 Å². The molecule has 0 spiro atoms. The first-order chi connectivity index (χ1) is 15.1. The smallest absolute Gasteiger partial charge is 0.241 e. The van der Waals surface area contributed by atoms with Gasteiger partial charge in [-0.3, -0.25) is 9.69 Å². The lowest BCUT2D eigenvalue weighted by molar-refractivity contribution is -0.121. The summed E-state index contributed by atoms with van der Waals surface area (Å²) in [6, 6.07) is 16.8. The standard InChI is InChI=1S/C23H22ClN5O2/c24-19-5-1-3-17(13-19)22-27-21(31-28-22)15-29-12-2-4-18(14-29)23(30)26-20-8-6-16(7-9-20)10-11-25/h1,3,5-9,13,18H,2,4,10,12,14-15H2,(H,26,30). The molecule has 158 valence electrons. The zero-order valence-corrected chi connectivity index (χ0v) is 17.7. The van der Waals surface area contributed by atoms with Crippen molar-refractivity contribution in [1.82, 2.24) is 15.0 Å². The van der Waals surface area contributed by atoms with Crippen LogP contribution in [-0.2, 0) is 17.8 Å². The molecule has 1 saturated heterocycles. The Kier molecular flexibility index (Phi) is 6.60. The molecule has 7 nitrogen and oxygen atoms in total. The molecular formula is C23H22ClN5O2. The molecule has 31 heavy (non-hydrogen) atoms. The van der Waals surface area contributed by atoms with Crippen LogP contribution < -0.4 is 5.32 Å². The van der Waals surface area contributed by atoms with Crippen molar-refractivity contribution >= 4 is 23.2 Å². The highest BCUT2D eigenvalue weighted by Gasteiger charge is 2.27. The van der Waals surface area contributed by atoms with E-state index in [2.05, 4.69) is 26.4 Å². The summed E-state index contributed by atoms with van der Waals surface area (Å²) in [5.41, 5.74) is 2.48. The molecule has 2 heterocycles. The molecule has 1 N–H and O–H groups in total. The Morgan fingerprint density at radius 3 is 2.90 bits per heavy atom. The van der Waals surface area contributed by atoms with Crippen molar-refractivity contribution < 1.29 is 9.32 Å². The van der Waals surface area contributed by atoms with E-state index >= 15 is 0 Å². The lowest BCUT2D eigenvalue weighted by Crippen LogP contribution is -2.40. The van der Waals surface area contributed by atoms with Gasteiger partial charge in [-0.05, 0) is 49.2 Å². The van der Waals surface area contributed by atoms with Gasteiger partial charge in [-0.1, -0.05) is 41.0 Å². The van der Waals surface area contributed by atoms with E-state index in [1.54, 1.807) is 12.1 Å². The Balaban J connectivity index is 1.34. The fourth-order valence-corrected chi connectivity index (χ4v) is 3.90. The van der Waals surface area contributed by atoms with E-state index in [1.807, 2.05) is 36.4 Å². The van der Waals surface area contributed by atoms with Crippen LogP contribution in [0.15, 0.2) is 53.1 Å². The zero-order chi connectivity index (χ0) is 21.6. The number of piperidine rings is 1. The number of nitrogens with zero attached hydrogens (tertiary/aromatic N) is 4. The largest absolute Gasteiger partial charge is 0.338 e. The normalized spacial score (nSPS) is 16.6. The highest BCUT2D eigenvalue weighted by atomic mass is 35.5. The number of aromatic nitrogens is 2. The van der Waals surface area contributed by atoms with Gasteiger partial charge < -0.3 is 9.84 Å². The maximum atomic E-state index is 12.7. The molecule has 1 atom stereocenters. The van der Waals surface area contributed by atoms with Gasteiger partial charge in [0.2, 0.25) is 17.6 Å². The molecule has 1 aromatic heterocycles. The molecule has 4 rings (SSSR count). The average Bonchev–Trinajstić information content (AvgIpc) is 3.24. The van der Waals surface area contributed by atoms with E-state index in [0.717, 1.165) is 36.2 Å². The number of nitrogens with one attached hydrogen (secondary N) is 1. The number of likely N-dealkylation sites (tertiary alicyclic amines) is 1. The summed E-state index contributed by atoms with van der Waals surface area (Å²) in [6.45, 7) is 2.01. The Hall–Kier alpha value is -3.21. The third-order valence-electron chi connectivity index (χ3n) is 5.29. The van der Waals surface area contributed by atoms with E-state index in [1.165, 1.54) is 0 Å². The van der Waals surface area contributed by atoms with Crippen molar-refractivity contribution in [3.8, 4) is 17.5 Å². The summed E-state index contributed by atoms with van der Waals surface area (Å²) in [6.07, 6.45) is 2.13. The molecule has 0 bridgehead atoms. The number of nitriles is 1. The van der Waals surface area contributed by atoms with Crippen LogP contribution in [0.3, 0.4) is 0 Å². The highest BCUT2D eigenvalue weighted by Crippen LogP contribution is 2.23. The van der Waals surface area contributed by atoms with Crippen molar-refractivity contribution in [2.24, 2.45) is 5.92 Å². The van der Waals surface area contributed by atoms with E-state index in [-0.39, 0.29) is 11.8 Å². The van der Waals surface area contributed by atoms with Crippen molar-refractivity contribution in [3.63, 3.8) is 0 Å². The maximum Gasteiger partial charge on any atom is 0.241 e. The van der Waals surface area contributed by atoms with Gasteiger partial charge in [0.05, 0.1) is 25.0 Å². The number of benzene rings is 2. The Bertz CT molecular complexity index is 1090. The molecule has 1 fully saturated rings. The van der Waals surface area contributed by atoms with Crippen LogP contribution in [0.4, 0.5) is 5.69 Å². The van der Waals surface area contributed by atoms with Crippen molar-refractivity contribution in [2.75, 3.05) is 18.4 Å². The molecule has 0 aliphatic carbocycles. The summed E-state index contributed by atoms with van der Waals surface area (Å²) in [7, 11) is 0. The molecule has 2 aromatic carbocycles. The van der Waals surface area contributed by atoms with Crippen LogP contribution in [0.1, 0.15) is 24.3 Å². The zero-order valence-electron chi connectivity index (χ0n) is 16.9. The van der Waals surface area contributed by atoms with Crippen molar-refractivity contribution in [2.45, 2.75) is 25.8 Å². The molecule has 1 aliphatic heterocycles. The van der Waals surface area contributed by atoms with Crippen LogP contribution in [0.5, 0.6) is 0 Å². The summed E-state index contributed by atoms with van der Waals surface area (Å²) >= 11 is 6.04. The van der Waals surface area contributed by atoms with E-state index in [9.17, 15) is 4.79 Å². The van der Waals surface area contributed by atoms with Crippen molar-refractivity contribution in [3.05, 3.63) is 65.0 Å². The first kappa shape index (κ1) is 21.0. The van der Waals surface area contributed by atoms with Gasteiger partial charge in [-0.25, -0.2) is 0 Å². The van der Waals surface area contributed by atoms with E-state index in [4.69, 9.17) is 21.4 Å². The number of anilines is 1. The van der Waals surface area contributed by atoms with Gasteiger partial charge in [0, 0.05) is 22.8 Å². The van der Waals surface area contributed by atoms with Crippen LogP contribution in [0, 0.1) is 17.2 Å². The predicted molar refractivity (Wildman–Crippen MR) is 117 cm³/mol. The maximum absolute atomic E-state index is 12.7. The molecule has 3 aromatic rings. The number of amides is 1. The third-order valence-corrected chi connectivity index (χ3v) is 5.53. The number of carbonyl (C=O) groups is 1. The van der Waals surface area contributed by atoms with Gasteiger partial charge in [-0.2, -0.15) is 10.2 Å². The quantitative estimate of drug-likeness (QED) is 0.620. The number of halogens is 1. The summed E-state index contributed by atoms with van der Waals surface area (Å²) in [4.78, 5) is 19.4. The second kappa shape index (κ2) is 9.73. The lowest BCUT2D eigenvalue weighted by Gasteiger charge is -2.30. The second-order valence-corrected chi connectivity index (χ2v) is 8.05. The molecule has 1 amide bonds. The third kappa shape index (κ3) is 5.48. The molecule has 1 aliphatic rings. The molecular weight excluding hydrogens is 414 g/mol. The molecule has 1 unspecified atom stereocenters. The lowest BCUT2D eigenvalue weighted by atomic mass is 9.97. The van der Waals surface area contributed by atoms with Crippen LogP contribution in [0.2, 0.25) is 5.02 Å². The molecule has 8 heteroatoms. The minimum absolute atomic E-state index is 0.00267. The first-order valence-corrected chi connectivity index (χ1v) is 10.6. The summed E-state index contributed by atoms with van der Waals surface area (Å²) < 4.78 is 5.41. The number of hydrogen-bond donors (Lipinski definition) is 1. The number of hydrogen-bond acceptors (Lipinski definition) is 6. The van der Waals surface area contributed by atoms with Gasteiger partial charge in [-0.15, -0.1) is 0 Å². The van der Waals surface area contributed by atoms with E-state index < -0.39 is 0 Å². The van der Waals surface area contributed by atoms with E-state index in [0.29, 0.717) is 36.2 Å². The highest BCUT2D eigenvalue weighted by molar-refractivity contribution is 6.30. The molecule has 0 saturated carbocycles. The van der Waals surface area contributed by atoms with Crippen LogP contribution >= 0.6 is 11.6 Å². The van der Waals surface area contributed by atoms with Gasteiger partial charge >= 0.3 is 0 Å². The van der Waals surface area contributed by atoms with Gasteiger partial charge in [0.15, 0.2) is 0 Å². The minimum atomic E-state index is -0.108. The average molecular weight is 436 g/mol. The van der Waals surface area contributed by atoms with Crippen LogP contribution in [0.25, 0.3) is 11.4 Å². The topological polar surface area (TPSA) is 95.1 Å². The second-order valence-electron chi connectivity index (χ2n) is 7.62. The van der Waals surface area contributed by atoms with Gasteiger partial charge in [0.25, 0.3) is 0 Å². The summed E-state index contributed by atoms with van der Waals surface area (Å²) in [5, 5.41) is 16.4. The first-order valence-electron chi connectivity index (χ1n) is 10.2. The number of carbonyl (C=O) groups excluding carboxylic acids is 1. The van der Waals surface area contributed by atoms with Crippen LogP contribution in [-0.4, -0.2) is 34.0 Å². The van der Waals surface area contributed by atoms with Crippen molar-refractivity contribution in [1.29, 1.82) is 5.26 Å². The Morgan fingerprint density at radius 1 is 1.29 bits per heavy atom. The Morgan fingerprint density at radius 2 is 2.13 bits per heavy atom. The SMILES string of the molecule is N#CCc1ccc(NC(=O)C2CCCN(Cc3nc(-c4cccc(Cl)c4)no3)C2)cc1. The summed E-state index contributed by atoms with van der Waals surface area (Å²) in [5.74, 6) is 0.915. The monoisotopic (exact) mass is 435 g/mol. The Labute approximate surface area is 185 Å².